The molecule has 1 aromatic rings. The van der Waals surface area contributed by atoms with E-state index in [9.17, 15) is 9.50 Å². The fraction of sp³-hybridized carbons (Fsp3) is 0.625. The van der Waals surface area contributed by atoms with Crippen molar-refractivity contribution in [2.24, 2.45) is 0 Å². The maximum absolute atomic E-state index is 13.3. The Labute approximate surface area is 128 Å². The van der Waals surface area contributed by atoms with Gasteiger partial charge in [-0.05, 0) is 62.4 Å². The molecule has 1 saturated carbocycles. The van der Waals surface area contributed by atoms with Gasteiger partial charge in [-0.1, -0.05) is 22.9 Å². The Bertz CT molecular complexity index is 444. The van der Waals surface area contributed by atoms with E-state index in [1.807, 2.05) is 0 Å². The summed E-state index contributed by atoms with van der Waals surface area (Å²) in [6.07, 6.45) is 5.18. The lowest BCUT2D eigenvalue weighted by Crippen LogP contribution is -2.42. The second-order valence-corrected chi connectivity index (χ2v) is 6.72. The standard InChI is InChI=1S/C16H23BrFNO/c1-2-9-19-14-5-7-16(20,8-6-14)11-12-10-13(18)3-4-15(12)17/h3-4,10,14,19-20H,2,5-9,11H2,1H3. The monoisotopic (exact) mass is 343 g/mol. The van der Waals surface area contributed by atoms with E-state index in [0.717, 1.165) is 48.7 Å². The van der Waals surface area contributed by atoms with Crippen molar-refractivity contribution in [3.8, 4) is 0 Å². The average Bonchev–Trinajstić information content (AvgIpc) is 2.42. The molecule has 0 spiro atoms. The Morgan fingerprint density at radius 3 is 2.75 bits per heavy atom. The summed E-state index contributed by atoms with van der Waals surface area (Å²) in [4.78, 5) is 0. The van der Waals surface area contributed by atoms with E-state index in [-0.39, 0.29) is 5.82 Å². The van der Waals surface area contributed by atoms with Gasteiger partial charge in [-0.2, -0.15) is 0 Å². The van der Waals surface area contributed by atoms with Crippen LogP contribution in [0.25, 0.3) is 0 Å². The number of hydrogen-bond donors (Lipinski definition) is 2. The molecule has 112 valence electrons. The largest absolute Gasteiger partial charge is 0.390 e. The highest BCUT2D eigenvalue weighted by Crippen LogP contribution is 2.33. The van der Waals surface area contributed by atoms with Crippen LogP contribution in [0.5, 0.6) is 0 Å². The van der Waals surface area contributed by atoms with Crippen molar-refractivity contribution in [1.82, 2.24) is 5.32 Å². The third kappa shape index (κ3) is 4.27. The van der Waals surface area contributed by atoms with Crippen LogP contribution in [0.2, 0.25) is 0 Å². The average molecular weight is 344 g/mol. The molecule has 1 aromatic carbocycles. The molecule has 0 bridgehead atoms. The van der Waals surface area contributed by atoms with Crippen LogP contribution in [0.1, 0.15) is 44.6 Å². The molecule has 0 heterocycles. The van der Waals surface area contributed by atoms with Gasteiger partial charge in [0.25, 0.3) is 0 Å². The first-order chi connectivity index (χ1) is 9.52. The Balaban J connectivity index is 1.94. The maximum Gasteiger partial charge on any atom is 0.123 e. The lowest BCUT2D eigenvalue weighted by Gasteiger charge is -2.36. The predicted octanol–water partition coefficient (Wildman–Crippen LogP) is 3.80. The fourth-order valence-electron chi connectivity index (χ4n) is 2.92. The lowest BCUT2D eigenvalue weighted by atomic mass is 9.78. The zero-order chi connectivity index (χ0) is 14.6. The van der Waals surface area contributed by atoms with Crippen molar-refractivity contribution in [2.45, 2.75) is 57.1 Å². The molecule has 0 aliphatic heterocycles. The highest BCUT2D eigenvalue weighted by Gasteiger charge is 2.33. The molecule has 2 nitrogen and oxygen atoms in total. The van der Waals surface area contributed by atoms with E-state index in [4.69, 9.17) is 0 Å². The Kier molecular flexibility index (Phi) is 5.58. The summed E-state index contributed by atoms with van der Waals surface area (Å²) in [7, 11) is 0. The molecule has 0 unspecified atom stereocenters. The molecule has 4 heteroatoms. The first-order valence-electron chi connectivity index (χ1n) is 7.42. The zero-order valence-corrected chi connectivity index (χ0v) is 13.5. The number of nitrogens with one attached hydrogen (secondary N) is 1. The number of aliphatic hydroxyl groups is 1. The van der Waals surface area contributed by atoms with E-state index >= 15 is 0 Å². The molecule has 1 fully saturated rings. The van der Waals surface area contributed by atoms with Crippen LogP contribution in [0.3, 0.4) is 0 Å². The van der Waals surface area contributed by atoms with Crippen molar-refractivity contribution in [3.05, 3.63) is 34.1 Å². The van der Waals surface area contributed by atoms with Gasteiger partial charge in [-0.15, -0.1) is 0 Å². The van der Waals surface area contributed by atoms with Crippen LogP contribution >= 0.6 is 15.9 Å². The molecule has 2 rings (SSSR count). The molecule has 0 radical (unpaired) electrons. The van der Waals surface area contributed by atoms with Crippen molar-refractivity contribution >= 4 is 15.9 Å². The van der Waals surface area contributed by atoms with Gasteiger partial charge in [0, 0.05) is 16.9 Å². The summed E-state index contributed by atoms with van der Waals surface area (Å²) in [5.74, 6) is -0.245. The fourth-order valence-corrected chi connectivity index (χ4v) is 3.30. The summed E-state index contributed by atoms with van der Waals surface area (Å²) in [6, 6.07) is 5.18. The number of hydrogen-bond acceptors (Lipinski definition) is 2. The molecule has 0 atom stereocenters. The molecule has 20 heavy (non-hydrogen) atoms. The molecule has 0 amide bonds. The molecule has 1 aliphatic carbocycles. The van der Waals surface area contributed by atoms with Crippen molar-refractivity contribution in [1.29, 1.82) is 0 Å². The van der Waals surface area contributed by atoms with Gasteiger partial charge >= 0.3 is 0 Å². The highest BCUT2D eigenvalue weighted by atomic mass is 79.9. The van der Waals surface area contributed by atoms with Crippen LogP contribution in [0, 0.1) is 5.82 Å². The van der Waals surface area contributed by atoms with Crippen LogP contribution in [-0.2, 0) is 6.42 Å². The molecule has 0 aromatic heterocycles. The van der Waals surface area contributed by atoms with Gasteiger partial charge in [0.2, 0.25) is 0 Å². The van der Waals surface area contributed by atoms with Gasteiger partial charge in [-0.25, -0.2) is 4.39 Å². The number of halogens is 2. The summed E-state index contributed by atoms with van der Waals surface area (Å²) in [5, 5.41) is 14.2. The van der Waals surface area contributed by atoms with E-state index in [1.54, 1.807) is 6.07 Å². The molecule has 0 saturated heterocycles. The molecule has 2 N–H and O–H groups in total. The number of rotatable bonds is 5. The Hall–Kier alpha value is -0.450. The second kappa shape index (κ2) is 7.01. The lowest BCUT2D eigenvalue weighted by molar-refractivity contribution is -0.00323. The van der Waals surface area contributed by atoms with Gasteiger partial charge in [0.15, 0.2) is 0 Å². The van der Waals surface area contributed by atoms with E-state index in [0.29, 0.717) is 12.5 Å². The molecule has 1 aliphatic rings. The summed E-state index contributed by atoms with van der Waals surface area (Å²) >= 11 is 3.44. The van der Waals surface area contributed by atoms with Crippen molar-refractivity contribution in [3.63, 3.8) is 0 Å². The summed E-state index contributed by atoms with van der Waals surface area (Å²) in [6.45, 7) is 3.20. The maximum atomic E-state index is 13.3. The minimum Gasteiger partial charge on any atom is -0.390 e. The Morgan fingerprint density at radius 1 is 1.40 bits per heavy atom. The second-order valence-electron chi connectivity index (χ2n) is 5.87. The minimum atomic E-state index is -0.694. The van der Waals surface area contributed by atoms with Crippen LogP contribution in [-0.4, -0.2) is 23.3 Å². The molecular formula is C16H23BrFNO. The first-order valence-corrected chi connectivity index (χ1v) is 8.21. The predicted molar refractivity (Wildman–Crippen MR) is 83.3 cm³/mol. The van der Waals surface area contributed by atoms with Gasteiger partial charge in [-0.3, -0.25) is 0 Å². The van der Waals surface area contributed by atoms with Crippen LogP contribution in [0.4, 0.5) is 4.39 Å². The third-order valence-electron chi connectivity index (χ3n) is 4.13. The SMILES string of the molecule is CCCNC1CCC(O)(Cc2cc(F)ccc2Br)CC1. The van der Waals surface area contributed by atoms with Gasteiger partial charge in [0.1, 0.15) is 5.82 Å². The first kappa shape index (κ1) is 15.9. The van der Waals surface area contributed by atoms with E-state index in [2.05, 4.69) is 28.2 Å². The quantitative estimate of drug-likeness (QED) is 0.852. The zero-order valence-electron chi connectivity index (χ0n) is 12.0. The number of benzene rings is 1. The van der Waals surface area contributed by atoms with E-state index in [1.165, 1.54) is 12.1 Å². The highest BCUT2D eigenvalue weighted by molar-refractivity contribution is 9.10. The van der Waals surface area contributed by atoms with Gasteiger partial charge < -0.3 is 10.4 Å². The smallest absolute Gasteiger partial charge is 0.123 e. The third-order valence-corrected chi connectivity index (χ3v) is 4.90. The normalized spacial score (nSPS) is 26.7. The van der Waals surface area contributed by atoms with Gasteiger partial charge in [0.05, 0.1) is 5.60 Å². The summed E-state index contributed by atoms with van der Waals surface area (Å²) in [5.41, 5.74) is 0.160. The van der Waals surface area contributed by atoms with Crippen molar-refractivity contribution < 1.29 is 9.50 Å². The summed E-state index contributed by atoms with van der Waals surface area (Å²) < 4.78 is 14.2. The molecular weight excluding hydrogens is 321 g/mol. The van der Waals surface area contributed by atoms with E-state index < -0.39 is 5.60 Å². The topological polar surface area (TPSA) is 32.3 Å². The Morgan fingerprint density at radius 2 is 2.10 bits per heavy atom. The van der Waals surface area contributed by atoms with Crippen molar-refractivity contribution in [2.75, 3.05) is 6.54 Å². The minimum absolute atomic E-state index is 0.245. The van der Waals surface area contributed by atoms with Crippen LogP contribution < -0.4 is 5.32 Å². The van der Waals surface area contributed by atoms with Crippen LogP contribution in [0.15, 0.2) is 22.7 Å².